The molecule has 6 heteroatoms. The third-order valence-corrected chi connectivity index (χ3v) is 4.63. The van der Waals surface area contributed by atoms with E-state index in [2.05, 4.69) is 16.0 Å². The van der Waals surface area contributed by atoms with Crippen LogP contribution in [0.2, 0.25) is 0 Å². The van der Waals surface area contributed by atoms with Gasteiger partial charge in [-0.1, -0.05) is 35.9 Å². The Morgan fingerprint density at radius 3 is 2.15 bits per heavy atom. The van der Waals surface area contributed by atoms with E-state index in [1.165, 1.54) is 6.92 Å². The molecule has 0 aromatic heterocycles. The molecule has 140 valence electrons. The molecule has 1 fully saturated rings. The fourth-order valence-corrected chi connectivity index (χ4v) is 2.87. The fraction of sp³-hybridized carbons (Fsp3) is 0.286. The van der Waals surface area contributed by atoms with Crippen LogP contribution in [0, 0.1) is 12.3 Å². The molecule has 3 amide bonds. The van der Waals surface area contributed by atoms with Crippen molar-refractivity contribution in [3.8, 4) is 0 Å². The monoisotopic (exact) mass is 365 g/mol. The molecule has 0 heterocycles. The minimum absolute atomic E-state index is 0.187. The number of anilines is 2. The van der Waals surface area contributed by atoms with Crippen LogP contribution in [0.4, 0.5) is 11.4 Å². The first-order valence-electron chi connectivity index (χ1n) is 8.92. The normalized spacial score (nSPS) is 14.1. The Kier molecular flexibility index (Phi) is 5.26. The van der Waals surface area contributed by atoms with Gasteiger partial charge in [0.05, 0.1) is 0 Å². The van der Waals surface area contributed by atoms with Crippen LogP contribution in [0.1, 0.15) is 30.9 Å². The Morgan fingerprint density at radius 2 is 1.56 bits per heavy atom. The van der Waals surface area contributed by atoms with Gasteiger partial charge in [0.1, 0.15) is 5.41 Å². The summed E-state index contributed by atoms with van der Waals surface area (Å²) >= 11 is 0. The molecule has 1 aliphatic carbocycles. The van der Waals surface area contributed by atoms with Crippen molar-refractivity contribution >= 4 is 29.1 Å². The van der Waals surface area contributed by atoms with E-state index in [1.807, 2.05) is 31.2 Å². The molecule has 0 unspecified atom stereocenters. The summed E-state index contributed by atoms with van der Waals surface area (Å²) in [5.41, 5.74) is 2.28. The average Bonchev–Trinajstić information content (AvgIpc) is 3.43. The molecule has 6 nitrogen and oxygen atoms in total. The summed E-state index contributed by atoms with van der Waals surface area (Å²) < 4.78 is 0. The quantitative estimate of drug-likeness (QED) is 0.688. The molecular formula is C21H23N3O3. The van der Waals surface area contributed by atoms with Crippen molar-refractivity contribution in [1.29, 1.82) is 0 Å². The van der Waals surface area contributed by atoms with Crippen molar-refractivity contribution in [1.82, 2.24) is 5.32 Å². The van der Waals surface area contributed by atoms with Crippen LogP contribution in [0.5, 0.6) is 0 Å². The number of rotatable bonds is 6. The molecule has 2 aromatic rings. The van der Waals surface area contributed by atoms with Gasteiger partial charge in [-0.25, -0.2) is 0 Å². The van der Waals surface area contributed by atoms with E-state index >= 15 is 0 Å². The number of hydrogen-bond acceptors (Lipinski definition) is 3. The molecule has 27 heavy (non-hydrogen) atoms. The molecule has 0 bridgehead atoms. The van der Waals surface area contributed by atoms with Gasteiger partial charge in [-0.3, -0.25) is 14.4 Å². The predicted molar refractivity (Wildman–Crippen MR) is 104 cm³/mol. The van der Waals surface area contributed by atoms with E-state index in [-0.39, 0.29) is 17.7 Å². The Labute approximate surface area is 158 Å². The second kappa shape index (κ2) is 7.61. The van der Waals surface area contributed by atoms with Crippen molar-refractivity contribution in [2.75, 3.05) is 10.6 Å². The Balaban J connectivity index is 1.61. The summed E-state index contributed by atoms with van der Waals surface area (Å²) in [6, 6.07) is 14.8. The predicted octanol–water partition coefficient (Wildman–Crippen LogP) is 2.99. The van der Waals surface area contributed by atoms with Crippen molar-refractivity contribution in [3.05, 3.63) is 59.7 Å². The van der Waals surface area contributed by atoms with E-state index < -0.39 is 5.41 Å². The van der Waals surface area contributed by atoms with Gasteiger partial charge in [0.25, 0.3) is 0 Å². The van der Waals surface area contributed by atoms with Gasteiger partial charge in [-0.2, -0.15) is 0 Å². The molecule has 0 radical (unpaired) electrons. The lowest BCUT2D eigenvalue weighted by atomic mass is 10.0. The second-order valence-electron chi connectivity index (χ2n) is 6.97. The van der Waals surface area contributed by atoms with Gasteiger partial charge in [-0.05, 0) is 43.5 Å². The number of nitrogens with one attached hydrogen (secondary N) is 3. The molecule has 3 rings (SSSR count). The van der Waals surface area contributed by atoms with Crippen LogP contribution in [-0.4, -0.2) is 17.7 Å². The number of hydrogen-bond donors (Lipinski definition) is 3. The van der Waals surface area contributed by atoms with E-state index in [1.54, 1.807) is 24.3 Å². The standard InChI is InChI=1S/C21H23N3O3/c1-14-6-8-16(9-7-14)13-22-19(26)21(10-11-21)20(27)24-18-5-3-4-17(12-18)23-15(2)25/h3-9,12H,10-11,13H2,1-2H3,(H,22,26)(H,23,25)(H,24,27). The van der Waals surface area contributed by atoms with E-state index in [0.717, 1.165) is 11.1 Å². The largest absolute Gasteiger partial charge is 0.351 e. The van der Waals surface area contributed by atoms with Gasteiger partial charge in [-0.15, -0.1) is 0 Å². The minimum Gasteiger partial charge on any atom is -0.351 e. The van der Waals surface area contributed by atoms with Crippen molar-refractivity contribution < 1.29 is 14.4 Å². The van der Waals surface area contributed by atoms with Crippen LogP contribution < -0.4 is 16.0 Å². The number of aryl methyl sites for hydroxylation is 1. The molecule has 1 aliphatic rings. The van der Waals surface area contributed by atoms with Crippen LogP contribution in [0.3, 0.4) is 0 Å². The highest BCUT2D eigenvalue weighted by molar-refractivity contribution is 6.13. The molecule has 0 spiro atoms. The van der Waals surface area contributed by atoms with Crippen LogP contribution in [0.25, 0.3) is 0 Å². The zero-order valence-corrected chi connectivity index (χ0v) is 15.5. The molecule has 2 aromatic carbocycles. The van der Waals surface area contributed by atoms with Crippen LogP contribution >= 0.6 is 0 Å². The van der Waals surface area contributed by atoms with Crippen molar-refractivity contribution in [2.45, 2.75) is 33.2 Å². The highest BCUT2D eigenvalue weighted by Gasteiger charge is 2.56. The summed E-state index contributed by atoms with van der Waals surface area (Å²) in [7, 11) is 0. The van der Waals surface area contributed by atoms with Gasteiger partial charge in [0.15, 0.2) is 0 Å². The third-order valence-electron chi connectivity index (χ3n) is 4.63. The minimum atomic E-state index is -1.01. The lowest BCUT2D eigenvalue weighted by Gasteiger charge is -2.16. The zero-order chi connectivity index (χ0) is 19.4. The smallest absolute Gasteiger partial charge is 0.240 e. The van der Waals surface area contributed by atoms with Gasteiger partial charge in [0, 0.05) is 24.8 Å². The van der Waals surface area contributed by atoms with Crippen LogP contribution in [-0.2, 0) is 20.9 Å². The zero-order valence-electron chi connectivity index (χ0n) is 15.5. The topological polar surface area (TPSA) is 87.3 Å². The Morgan fingerprint density at radius 1 is 0.926 bits per heavy atom. The average molecular weight is 365 g/mol. The SMILES string of the molecule is CC(=O)Nc1cccc(NC(=O)C2(C(=O)NCc3ccc(C)cc3)CC2)c1. The maximum atomic E-state index is 12.7. The lowest BCUT2D eigenvalue weighted by Crippen LogP contribution is -2.39. The first-order chi connectivity index (χ1) is 12.9. The molecule has 0 atom stereocenters. The Hall–Kier alpha value is -3.15. The van der Waals surface area contributed by atoms with Crippen molar-refractivity contribution in [3.63, 3.8) is 0 Å². The first kappa shape index (κ1) is 18.6. The number of amides is 3. The van der Waals surface area contributed by atoms with Crippen molar-refractivity contribution in [2.24, 2.45) is 5.41 Å². The number of carbonyl (C=O) groups is 3. The fourth-order valence-electron chi connectivity index (χ4n) is 2.87. The molecule has 1 saturated carbocycles. The van der Waals surface area contributed by atoms with E-state index in [4.69, 9.17) is 0 Å². The first-order valence-corrected chi connectivity index (χ1v) is 8.92. The number of benzene rings is 2. The molecular weight excluding hydrogens is 342 g/mol. The summed E-state index contributed by atoms with van der Waals surface area (Å²) in [6.07, 6.45) is 1.06. The summed E-state index contributed by atoms with van der Waals surface area (Å²) in [5, 5.41) is 8.33. The van der Waals surface area contributed by atoms with E-state index in [0.29, 0.717) is 30.8 Å². The molecule has 0 aliphatic heterocycles. The molecule has 3 N–H and O–H groups in total. The van der Waals surface area contributed by atoms with Crippen LogP contribution in [0.15, 0.2) is 48.5 Å². The highest BCUT2D eigenvalue weighted by Crippen LogP contribution is 2.47. The van der Waals surface area contributed by atoms with Gasteiger partial charge < -0.3 is 16.0 Å². The van der Waals surface area contributed by atoms with E-state index in [9.17, 15) is 14.4 Å². The lowest BCUT2D eigenvalue weighted by molar-refractivity contribution is -0.134. The maximum Gasteiger partial charge on any atom is 0.240 e. The third kappa shape index (κ3) is 4.53. The van der Waals surface area contributed by atoms with Gasteiger partial charge in [0.2, 0.25) is 17.7 Å². The summed E-state index contributed by atoms with van der Waals surface area (Å²) in [4.78, 5) is 36.4. The number of carbonyl (C=O) groups excluding carboxylic acids is 3. The summed E-state index contributed by atoms with van der Waals surface area (Å²) in [5.74, 6) is -0.755. The molecule has 0 saturated heterocycles. The summed E-state index contributed by atoms with van der Waals surface area (Å²) in [6.45, 7) is 3.82. The Bertz CT molecular complexity index is 870. The maximum absolute atomic E-state index is 12.7. The highest BCUT2D eigenvalue weighted by atomic mass is 16.2. The van der Waals surface area contributed by atoms with Gasteiger partial charge >= 0.3 is 0 Å². The second-order valence-corrected chi connectivity index (χ2v) is 6.97.